The number of halogens is 1. The highest BCUT2D eigenvalue weighted by molar-refractivity contribution is 7.59. The van der Waals surface area contributed by atoms with Crippen LogP contribution in [0.25, 0.3) is 22.2 Å². The minimum Gasteiger partial charge on any atom is -0.497 e. The van der Waals surface area contributed by atoms with Crippen molar-refractivity contribution < 1.29 is 42.4 Å². The molecule has 4 aromatic rings. The van der Waals surface area contributed by atoms with Gasteiger partial charge in [0, 0.05) is 35.9 Å². The van der Waals surface area contributed by atoms with E-state index in [0.717, 1.165) is 25.7 Å². The molecule has 3 aromatic carbocycles. The van der Waals surface area contributed by atoms with Crippen LogP contribution >= 0.6 is 7.37 Å². The van der Waals surface area contributed by atoms with Crippen LogP contribution in [-0.4, -0.2) is 69.5 Å². The van der Waals surface area contributed by atoms with Crippen molar-refractivity contribution in [2.75, 3.05) is 13.7 Å². The molecule has 3 fully saturated rings. The van der Waals surface area contributed by atoms with Crippen molar-refractivity contribution in [2.24, 2.45) is 17.3 Å². The number of nitrogens with zero attached hydrogens (tertiary/aromatic N) is 2. The SMILES string of the molecule is C=C[C@@H]1C[C@]1(CC(=O)[C@@H]1C[C@@H](Oc2cc(-c3ccc(F)cc3)nc3cc(OC)ccc23)CN1C(=O)[C@@H](CC(=O)OC1CCCC1)C(C)(C)C)P(=O)(O)Cc1ccccc1. The second-order valence-electron chi connectivity index (χ2n) is 17.5. The van der Waals surface area contributed by atoms with Crippen LogP contribution in [-0.2, 0) is 29.8 Å². The highest BCUT2D eigenvalue weighted by Crippen LogP contribution is 2.74. The van der Waals surface area contributed by atoms with Crippen molar-refractivity contribution in [1.82, 2.24) is 9.88 Å². The third kappa shape index (κ3) is 9.17. The van der Waals surface area contributed by atoms with E-state index in [1.165, 1.54) is 17.0 Å². The summed E-state index contributed by atoms with van der Waals surface area (Å²) in [6.45, 7) is 9.64. The molecule has 312 valence electrons. The first-order valence-corrected chi connectivity index (χ1v) is 22.4. The summed E-state index contributed by atoms with van der Waals surface area (Å²) < 4.78 is 46.3. The molecule has 10 nitrogen and oxygen atoms in total. The molecule has 1 saturated heterocycles. The Hall–Kier alpha value is -4.86. The molecule has 0 spiro atoms. The molecule has 7 rings (SSSR count). The molecule has 1 amide bonds. The average Bonchev–Trinajstić information content (AvgIpc) is 3.46. The van der Waals surface area contributed by atoms with Gasteiger partial charge in [0.1, 0.15) is 29.5 Å². The number of carbonyl (C=O) groups is 3. The lowest BCUT2D eigenvalue weighted by Crippen LogP contribution is -2.48. The number of hydrogen-bond acceptors (Lipinski definition) is 8. The Labute approximate surface area is 345 Å². The van der Waals surface area contributed by atoms with E-state index in [1.54, 1.807) is 55.7 Å². The van der Waals surface area contributed by atoms with Crippen LogP contribution in [0.3, 0.4) is 0 Å². The number of ketones is 1. The lowest BCUT2D eigenvalue weighted by atomic mass is 9.77. The van der Waals surface area contributed by atoms with Gasteiger partial charge in [0.15, 0.2) is 5.78 Å². The predicted molar refractivity (Wildman–Crippen MR) is 225 cm³/mol. The molecule has 2 saturated carbocycles. The molecule has 6 atom stereocenters. The maximum Gasteiger partial charge on any atom is 0.306 e. The molecular formula is C47H54FN2O8P. The number of methoxy groups -OCH3 is 1. The van der Waals surface area contributed by atoms with Crippen molar-refractivity contribution in [1.29, 1.82) is 0 Å². The van der Waals surface area contributed by atoms with E-state index >= 15 is 0 Å². The number of Topliss-reactive ketones (excluding diaryl/α,β-unsaturated/α-hetero) is 1. The zero-order chi connectivity index (χ0) is 42.1. The van der Waals surface area contributed by atoms with Gasteiger partial charge in [0.25, 0.3) is 0 Å². The van der Waals surface area contributed by atoms with Gasteiger partial charge in [-0.1, -0.05) is 57.2 Å². The number of fused-ring (bicyclic) bond motifs is 1. The van der Waals surface area contributed by atoms with Gasteiger partial charge in [-0.25, -0.2) is 9.37 Å². The van der Waals surface area contributed by atoms with Gasteiger partial charge in [-0.05, 0) is 85.4 Å². The summed E-state index contributed by atoms with van der Waals surface area (Å²) in [6, 6.07) is 21.2. The molecule has 0 bridgehead atoms. The van der Waals surface area contributed by atoms with E-state index < -0.39 is 42.0 Å². The number of esters is 1. The second kappa shape index (κ2) is 17.0. The maximum atomic E-state index is 14.9. The van der Waals surface area contributed by atoms with Crippen LogP contribution in [0.1, 0.15) is 77.7 Å². The first-order valence-electron chi connectivity index (χ1n) is 20.5. The molecule has 1 N–H and O–H groups in total. The van der Waals surface area contributed by atoms with Crippen LogP contribution in [0.15, 0.2) is 91.5 Å². The number of carbonyl (C=O) groups excluding carboxylic acids is 3. The number of amides is 1. The van der Waals surface area contributed by atoms with E-state index in [1.807, 2.05) is 45.0 Å². The predicted octanol–water partition coefficient (Wildman–Crippen LogP) is 9.31. The maximum absolute atomic E-state index is 14.9. The molecular weight excluding hydrogens is 770 g/mol. The Balaban J connectivity index is 1.22. The standard InChI is InChI=1S/C47H54FN2O8P/c1-6-32-26-47(32,59(54,55)29-30-12-8-7-9-13-30)27-42(51)41-23-36(28-50(41)45(53)38(46(2,3)4)24-44(52)58-34-14-10-11-15-34)57-43-25-39(31-16-18-33(48)19-17-31)49-40-22-35(56-5)20-21-37(40)43/h6-9,12-13,16-22,25,32,34,36,38,41H,1,10-11,14-15,23-24,26-29H2,2-5H3,(H,54,55)/t32-,36-,38-,41+,47-/m1/s1. The summed E-state index contributed by atoms with van der Waals surface area (Å²) >= 11 is 0. The van der Waals surface area contributed by atoms with Crippen molar-refractivity contribution in [3.63, 3.8) is 0 Å². The molecule has 2 aliphatic carbocycles. The number of aromatic nitrogens is 1. The molecule has 1 unspecified atom stereocenters. The van der Waals surface area contributed by atoms with Crippen LogP contribution in [0, 0.1) is 23.1 Å². The van der Waals surface area contributed by atoms with Crippen molar-refractivity contribution in [3.05, 3.63) is 103 Å². The first-order chi connectivity index (χ1) is 28.1. The van der Waals surface area contributed by atoms with Gasteiger partial charge in [-0.3, -0.25) is 18.9 Å². The Kier molecular flexibility index (Phi) is 12.2. The van der Waals surface area contributed by atoms with Gasteiger partial charge in [-0.2, -0.15) is 0 Å². The largest absolute Gasteiger partial charge is 0.497 e. The Morgan fingerprint density at radius 1 is 1.03 bits per heavy atom. The summed E-state index contributed by atoms with van der Waals surface area (Å²) in [5.74, 6) is -1.68. The highest BCUT2D eigenvalue weighted by atomic mass is 31.2. The normalized spacial score (nSPS) is 23.4. The number of rotatable bonds is 15. The quantitative estimate of drug-likeness (QED) is 0.0708. The monoisotopic (exact) mass is 824 g/mol. The number of hydrogen-bond donors (Lipinski definition) is 1. The lowest BCUT2D eigenvalue weighted by molar-refractivity contribution is -0.156. The minimum absolute atomic E-state index is 0.0318. The third-order valence-corrected chi connectivity index (χ3v) is 15.3. The van der Waals surface area contributed by atoms with Gasteiger partial charge in [0.2, 0.25) is 13.3 Å². The Morgan fingerprint density at radius 2 is 1.75 bits per heavy atom. The molecule has 0 radical (unpaired) electrons. The van der Waals surface area contributed by atoms with E-state index in [9.17, 15) is 28.2 Å². The smallest absolute Gasteiger partial charge is 0.306 e. The number of likely N-dealkylation sites (tertiary alicyclic amines) is 1. The summed E-state index contributed by atoms with van der Waals surface area (Å²) in [7, 11) is -2.41. The van der Waals surface area contributed by atoms with Gasteiger partial charge >= 0.3 is 5.97 Å². The Morgan fingerprint density at radius 3 is 2.39 bits per heavy atom. The molecule has 1 aliphatic heterocycles. The van der Waals surface area contributed by atoms with Crippen LogP contribution in [0.2, 0.25) is 0 Å². The van der Waals surface area contributed by atoms with Crippen molar-refractivity contribution in [3.8, 4) is 22.8 Å². The topological polar surface area (TPSA) is 132 Å². The molecule has 1 aromatic heterocycles. The fourth-order valence-electron chi connectivity index (χ4n) is 8.91. The lowest BCUT2D eigenvalue weighted by Gasteiger charge is -2.35. The number of ether oxygens (including phenoxy) is 3. The van der Waals surface area contributed by atoms with Gasteiger partial charge in [0.05, 0.1) is 54.6 Å². The van der Waals surface area contributed by atoms with Crippen molar-refractivity contribution >= 4 is 35.9 Å². The summed E-state index contributed by atoms with van der Waals surface area (Å²) in [6.07, 6.45) is 4.38. The molecule has 12 heteroatoms. The number of allylic oxidation sites excluding steroid dienone is 1. The van der Waals surface area contributed by atoms with E-state index in [0.29, 0.717) is 45.6 Å². The third-order valence-electron chi connectivity index (χ3n) is 12.4. The van der Waals surface area contributed by atoms with E-state index in [4.69, 9.17) is 19.2 Å². The highest BCUT2D eigenvalue weighted by Gasteiger charge is 2.65. The Bertz CT molecular complexity index is 2250. The fraction of sp³-hybridized carbons (Fsp3) is 0.447. The van der Waals surface area contributed by atoms with E-state index in [2.05, 4.69) is 6.58 Å². The van der Waals surface area contributed by atoms with Crippen LogP contribution < -0.4 is 9.47 Å². The van der Waals surface area contributed by atoms with Gasteiger partial charge < -0.3 is 24.0 Å². The summed E-state index contributed by atoms with van der Waals surface area (Å²) in [4.78, 5) is 61.1. The second-order valence-corrected chi connectivity index (χ2v) is 20.1. The zero-order valence-electron chi connectivity index (χ0n) is 34.3. The van der Waals surface area contributed by atoms with Crippen LogP contribution in [0.5, 0.6) is 11.5 Å². The van der Waals surface area contributed by atoms with E-state index in [-0.39, 0.29) is 61.5 Å². The van der Waals surface area contributed by atoms with Gasteiger partial charge in [-0.15, -0.1) is 6.58 Å². The summed E-state index contributed by atoms with van der Waals surface area (Å²) in [5, 5.41) is -0.548. The zero-order valence-corrected chi connectivity index (χ0v) is 35.2. The molecule has 3 aliphatic rings. The molecule has 59 heavy (non-hydrogen) atoms. The van der Waals surface area contributed by atoms with Crippen LogP contribution in [0.4, 0.5) is 4.39 Å². The summed E-state index contributed by atoms with van der Waals surface area (Å²) in [5.41, 5.74) is 1.77. The fourth-order valence-corrected chi connectivity index (χ4v) is 11.4. The average molecular weight is 825 g/mol. The minimum atomic E-state index is -3.97. The molecule has 2 heterocycles. The first kappa shape index (κ1) is 42.3. The van der Waals surface area contributed by atoms with Crippen molar-refractivity contribution in [2.45, 2.75) is 102 Å². The number of benzene rings is 3. The number of pyridine rings is 1.